The van der Waals surface area contributed by atoms with Crippen LogP contribution < -0.4 is 5.32 Å². The van der Waals surface area contributed by atoms with Crippen LogP contribution in [0.4, 0.5) is 0 Å². The third-order valence-corrected chi connectivity index (χ3v) is 3.40. The van der Waals surface area contributed by atoms with E-state index in [9.17, 15) is 9.59 Å². The van der Waals surface area contributed by atoms with E-state index in [1.807, 2.05) is 6.07 Å². The molecule has 0 saturated carbocycles. The SMILES string of the molecule is CC1C(=O)NCCN1C(=O)c1cccc(CCl)c1. The Hall–Kier alpha value is -1.55. The van der Waals surface area contributed by atoms with Gasteiger partial charge in [0.05, 0.1) is 0 Å². The number of nitrogens with zero attached hydrogens (tertiary/aromatic N) is 1. The fourth-order valence-electron chi connectivity index (χ4n) is 2.01. The van der Waals surface area contributed by atoms with E-state index in [1.54, 1.807) is 30.0 Å². The first-order valence-electron chi connectivity index (χ1n) is 5.87. The zero-order valence-electron chi connectivity index (χ0n) is 10.1. The molecule has 0 aromatic heterocycles. The normalized spacial score (nSPS) is 19.6. The molecule has 1 fully saturated rings. The molecule has 0 radical (unpaired) electrons. The van der Waals surface area contributed by atoms with Crippen molar-refractivity contribution in [3.05, 3.63) is 35.4 Å². The van der Waals surface area contributed by atoms with Crippen molar-refractivity contribution < 1.29 is 9.59 Å². The molecule has 1 aromatic rings. The molecule has 2 rings (SSSR count). The van der Waals surface area contributed by atoms with Crippen LogP contribution in [0.5, 0.6) is 0 Å². The van der Waals surface area contributed by atoms with Gasteiger partial charge in [-0.2, -0.15) is 0 Å². The summed E-state index contributed by atoms with van der Waals surface area (Å²) in [6.07, 6.45) is 0. The molecule has 1 atom stereocenters. The minimum Gasteiger partial charge on any atom is -0.353 e. The molecule has 96 valence electrons. The van der Waals surface area contributed by atoms with Crippen LogP contribution in [0.15, 0.2) is 24.3 Å². The maximum absolute atomic E-state index is 12.3. The summed E-state index contributed by atoms with van der Waals surface area (Å²) in [4.78, 5) is 25.5. The van der Waals surface area contributed by atoms with Gasteiger partial charge in [-0.05, 0) is 24.6 Å². The minimum absolute atomic E-state index is 0.108. The van der Waals surface area contributed by atoms with Crippen LogP contribution >= 0.6 is 11.6 Å². The highest BCUT2D eigenvalue weighted by atomic mass is 35.5. The summed E-state index contributed by atoms with van der Waals surface area (Å²) in [6.45, 7) is 2.78. The predicted octanol–water partition coefficient (Wildman–Crippen LogP) is 1.39. The third-order valence-electron chi connectivity index (χ3n) is 3.09. The molecule has 4 nitrogen and oxygen atoms in total. The van der Waals surface area contributed by atoms with E-state index in [1.165, 1.54) is 0 Å². The smallest absolute Gasteiger partial charge is 0.254 e. The number of piperazine rings is 1. The molecule has 0 spiro atoms. The third kappa shape index (κ3) is 2.48. The molecular weight excluding hydrogens is 252 g/mol. The zero-order valence-corrected chi connectivity index (χ0v) is 10.9. The number of halogens is 1. The number of amides is 2. The Balaban J connectivity index is 2.22. The van der Waals surface area contributed by atoms with Crippen molar-refractivity contribution in [2.75, 3.05) is 13.1 Å². The zero-order chi connectivity index (χ0) is 13.1. The Morgan fingerprint density at radius 1 is 1.56 bits per heavy atom. The standard InChI is InChI=1S/C13H15ClN2O2/c1-9-12(17)15-5-6-16(9)13(18)11-4-2-3-10(7-11)8-14/h2-4,7,9H,5-6,8H2,1H3,(H,15,17). The Morgan fingerprint density at radius 2 is 2.33 bits per heavy atom. The second-order valence-corrected chi connectivity index (χ2v) is 4.57. The summed E-state index contributed by atoms with van der Waals surface area (Å²) >= 11 is 5.75. The first-order valence-corrected chi connectivity index (χ1v) is 6.40. The molecule has 1 saturated heterocycles. The number of alkyl halides is 1. The van der Waals surface area contributed by atoms with E-state index in [0.29, 0.717) is 24.5 Å². The maximum Gasteiger partial charge on any atom is 0.254 e. The van der Waals surface area contributed by atoms with Crippen molar-refractivity contribution in [1.29, 1.82) is 0 Å². The summed E-state index contributed by atoms with van der Waals surface area (Å²) in [6, 6.07) is 6.77. The average molecular weight is 267 g/mol. The second kappa shape index (κ2) is 5.40. The average Bonchev–Trinajstić information content (AvgIpc) is 2.41. The second-order valence-electron chi connectivity index (χ2n) is 4.30. The molecule has 1 N–H and O–H groups in total. The highest BCUT2D eigenvalue weighted by Crippen LogP contribution is 2.13. The summed E-state index contributed by atoms with van der Waals surface area (Å²) in [5.41, 5.74) is 1.48. The first-order chi connectivity index (χ1) is 8.63. The lowest BCUT2D eigenvalue weighted by molar-refractivity contribution is -0.127. The van der Waals surface area contributed by atoms with Gasteiger partial charge in [0.2, 0.25) is 5.91 Å². The van der Waals surface area contributed by atoms with Crippen LogP contribution in [0.1, 0.15) is 22.8 Å². The van der Waals surface area contributed by atoms with Crippen molar-refractivity contribution in [2.24, 2.45) is 0 Å². The fourth-order valence-corrected chi connectivity index (χ4v) is 2.18. The summed E-state index contributed by atoms with van der Waals surface area (Å²) < 4.78 is 0. The maximum atomic E-state index is 12.3. The van der Waals surface area contributed by atoms with Crippen molar-refractivity contribution in [3.8, 4) is 0 Å². The molecule has 1 unspecified atom stereocenters. The molecule has 1 aromatic carbocycles. The lowest BCUT2D eigenvalue weighted by Gasteiger charge is -2.32. The van der Waals surface area contributed by atoms with Crippen LogP contribution in [-0.4, -0.2) is 35.8 Å². The highest BCUT2D eigenvalue weighted by Gasteiger charge is 2.29. The van der Waals surface area contributed by atoms with Crippen LogP contribution in [0.25, 0.3) is 0 Å². The Morgan fingerprint density at radius 3 is 3.06 bits per heavy atom. The number of hydrogen-bond donors (Lipinski definition) is 1. The molecule has 0 bridgehead atoms. The molecule has 2 amide bonds. The number of nitrogens with one attached hydrogen (secondary N) is 1. The van der Waals surface area contributed by atoms with Crippen LogP contribution in [-0.2, 0) is 10.7 Å². The van der Waals surface area contributed by atoms with E-state index < -0.39 is 6.04 Å². The highest BCUT2D eigenvalue weighted by molar-refractivity contribution is 6.17. The molecule has 18 heavy (non-hydrogen) atoms. The van der Waals surface area contributed by atoms with Gasteiger partial charge >= 0.3 is 0 Å². The van der Waals surface area contributed by atoms with Gasteiger partial charge in [-0.3, -0.25) is 9.59 Å². The Kier molecular flexibility index (Phi) is 3.87. The van der Waals surface area contributed by atoms with Crippen molar-refractivity contribution >= 4 is 23.4 Å². The molecule has 0 aliphatic carbocycles. The van der Waals surface area contributed by atoms with Gasteiger partial charge in [0, 0.05) is 24.5 Å². The summed E-state index contributed by atoms with van der Waals surface area (Å²) in [7, 11) is 0. The van der Waals surface area contributed by atoms with Crippen molar-refractivity contribution in [3.63, 3.8) is 0 Å². The number of rotatable bonds is 2. The molecule has 5 heteroatoms. The number of carbonyl (C=O) groups excluding carboxylic acids is 2. The van der Waals surface area contributed by atoms with Gasteiger partial charge in [0.1, 0.15) is 6.04 Å². The first kappa shape index (κ1) is 12.9. The number of benzene rings is 1. The molecular formula is C13H15ClN2O2. The van der Waals surface area contributed by atoms with E-state index >= 15 is 0 Å². The van der Waals surface area contributed by atoms with Gasteiger partial charge in [0.25, 0.3) is 5.91 Å². The Bertz CT molecular complexity index is 476. The summed E-state index contributed by atoms with van der Waals surface area (Å²) in [5, 5.41) is 2.74. The van der Waals surface area contributed by atoms with E-state index in [0.717, 1.165) is 5.56 Å². The summed E-state index contributed by atoms with van der Waals surface area (Å²) in [5.74, 6) is 0.143. The van der Waals surface area contributed by atoms with Gasteiger partial charge < -0.3 is 10.2 Å². The largest absolute Gasteiger partial charge is 0.353 e. The fraction of sp³-hybridized carbons (Fsp3) is 0.385. The van der Waals surface area contributed by atoms with Gasteiger partial charge in [-0.1, -0.05) is 12.1 Å². The number of carbonyl (C=O) groups is 2. The quantitative estimate of drug-likeness (QED) is 0.823. The van der Waals surface area contributed by atoms with Crippen molar-refractivity contribution in [2.45, 2.75) is 18.8 Å². The number of hydrogen-bond acceptors (Lipinski definition) is 2. The van der Waals surface area contributed by atoms with Gasteiger partial charge in [-0.15, -0.1) is 11.6 Å². The van der Waals surface area contributed by atoms with Crippen LogP contribution in [0.3, 0.4) is 0 Å². The molecule has 1 aliphatic heterocycles. The predicted molar refractivity (Wildman–Crippen MR) is 69.5 cm³/mol. The monoisotopic (exact) mass is 266 g/mol. The molecule has 1 heterocycles. The van der Waals surface area contributed by atoms with Crippen molar-refractivity contribution in [1.82, 2.24) is 10.2 Å². The van der Waals surface area contributed by atoms with Gasteiger partial charge in [-0.25, -0.2) is 0 Å². The Labute approximate surface area is 111 Å². The molecule has 1 aliphatic rings. The topological polar surface area (TPSA) is 49.4 Å². The van der Waals surface area contributed by atoms with E-state index in [4.69, 9.17) is 11.6 Å². The minimum atomic E-state index is -0.425. The van der Waals surface area contributed by atoms with Crippen LogP contribution in [0.2, 0.25) is 0 Å². The van der Waals surface area contributed by atoms with E-state index in [-0.39, 0.29) is 11.8 Å². The van der Waals surface area contributed by atoms with E-state index in [2.05, 4.69) is 5.32 Å². The lowest BCUT2D eigenvalue weighted by Crippen LogP contribution is -2.55. The van der Waals surface area contributed by atoms with Gasteiger partial charge in [0.15, 0.2) is 0 Å². The van der Waals surface area contributed by atoms with Crippen LogP contribution in [0, 0.1) is 0 Å². The lowest BCUT2D eigenvalue weighted by atomic mass is 10.1.